The largest absolute Gasteiger partial charge is 0.497 e. The highest BCUT2D eigenvalue weighted by atomic mass is 16.5. The fourth-order valence-electron chi connectivity index (χ4n) is 3.95. The zero-order chi connectivity index (χ0) is 23.4. The van der Waals surface area contributed by atoms with Crippen LogP contribution in [-0.2, 0) is 11.3 Å². The van der Waals surface area contributed by atoms with Crippen LogP contribution in [-0.4, -0.2) is 27.2 Å². The number of benzene rings is 2. The van der Waals surface area contributed by atoms with Crippen LogP contribution in [0.4, 0.5) is 0 Å². The fraction of sp³-hybridized carbons (Fsp3) is 0.222. The standard InChI is InChI=1S/C27H26NO5/c1-17-24(12-18-10-21(31-3)13-22(11-18)32-4)23-8-7-19(30-2)14-26(23)25(17)15-27(29)28-16-20-6-5-9-33-20/h5-12,14H,15-16H2,1-4H3,(H,28,29)/b24-12-. The molecule has 1 aliphatic carbocycles. The Kier molecular flexibility index (Phi) is 6.54. The molecule has 0 saturated heterocycles. The SMILES string of the molecule is COc1[c]c(OC)cc(/C=C2/C(C)=C(CC(=O)NCc3ccco3)c3cc(OC)ccc32)c1. The number of methoxy groups -OCH3 is 3. The minimum atomic E-state index is -0.0755. The molecule has 1 radical (unpaired) electrons. The Labute approximate surface area is 193 Å². The molecule has 2 aromatic carbocycles. The van der Waals surface area contributed by atoms with Gasteiger partial charge in [-0.2, -0.15) is 0 Å². The van der Waals surface area contributed by atoms with Crippen LogP contribution in [0.15, 0.2) is 58.7 Å². The summed E-state index contributed by atoms with van der Waals surface area (Å²) in [6.07, 6.45) is 3.92. The van der Waals surface area contributed by atoms with E-state index in [0.717, 1.165) is 39.2 Å². The molecule has 1 N–H and O–H groups in total. The van der Waals surface area contributed by atoms with Crippen molar-refractivity contribution in [3.63, 3.8) is 0 Å². The first-order valence-electron chi connectivity index (χ1n) is 10.6. The molecule has 0 fully saturated rings. The molecular formula is C27H26NO5. The number of amides is 1. The lowest BCUT2D eigenvalue weighted by Gasteiger charge is -2.09. The van der Waals surface area contributed by atoms with Gasteiger partial charge in [0, 0.05) is 0 Å². The van der Waals surface area contributed by atoms with Crippen LogP contribution in [0, 0.1) is 6.07 Å². The summed E-state index contributed by atoms with van der Waals surface area (Å²) in [6.45, 7) is 2.39. The van der Waals surface area contributed by atoms with E-state index in [2.05, 4.69) is 17.5 Å². The number of carbonyl (C=O) groups is 1. The smallest absolute Gasteiger partial charge is 0.224 e. The number of hydrogen-bond donors (Lipinski definition) is 1. The molecule has 169 valence electrons. The van der Waals surface area contributed by atoms with Gasteiger partial charge in [-0.1, -0.05) is 6.07 Å². The summed E-state index contributed by atoms with van der Waals surface area (Å²) >= 11 is 0. The van der Waals surface area contributed by atoms with Crippen LogP contribution in [0.3, 0.4) is 0 Å². The lowest BCUT2D eigenvalue weighted by Crippen LogP contribution is -2.22. The molecule has 1 heterocycles. The van der Waals surface area contributed by atoms with Crippen molar-refractivity contribution in [3.8, 4) is 17.2 Å². The lowest BCUT2D eigenvalue weighted by atomic mass is 10.00. The molecule has 1 amide bonds. The monoisotopic (exact) mass is 444 g/mol. The van der Waals surface area contributed by atoms with E-state index in [1.807, 2.05) is 43.3 Å². The first-order valence-corrected chi connectivity index (χ1v) is 10.6. The number of carbonyl (C=O) groups excluding carboxylic acids is 1. The van der Waals surface area contributed by atoms with Crippen molar-refractivity contribution in [2.45, 2.75) is 19.9 Å². The molecule has 1 aromatic heterocycles. The maximum atomic E-state index is 12.8. The van der Waals surface area contributed by atoms with Gasteiger partial charge in [-0.3, -0.25) is 4.79 Å². The summed E-state index contributed by atoms with van der Waals surface area (Å²) < 4.78 is 21.5. The Morgan fingerprint density at radius 1 is 1.03 bits per heavy atom. The van der Waals surface area contributed by atoms with Gasteiger partial charge in [0.25, 0.3) is 0 Å². The highest BCUT2D eigenvalue weighted by molar-refractivity contribution is 6.08. The second-order valence-electron chi connectivity index (χ2n) is 7.66. The summed E-state index contributed by atoms with van der Waals surface area (Å²) in [6, 6.07) is 16.4. The first-order chi connectivity index (χ1) is 16.0. The highest BCUT2D eigenvalue weighted by Gasteiger charge is 2.26. The molecule has 6 heteroatoms. The second-order valence-corrected chi connectivity index (χ2v) is 7.66. The van der Waals surface area contributed by atoms with Crippen LogP contribution in [0.5, 0.6) is 17.2 Å². The molecule has 0 unspecified atom stereocenters. The Bertz CT molecular complexity index is 1200. The normalized spacial score (nSPS) is 13.8. The summed E-state index contributed by atoms with van der Waals surface area (Å²) in [5.41, 5.74) is 6.00. The van der Waals surface area contributed by atoms with E-state index in [-0.39, 0.29) is 12.3 Å². The van der Waals surface area contributed by atoms with Gasteiger partial charge in [0.2, 0.25) is 5.91 Å². The molecule has 6 nitrogen and oxygen atoms in total. The quantitative estimate of drug-likeness (QED) is 0.521. The van der Waals surface area contributed by atoms with E-state index in [0.29, 0.717) is 23.8 Å². The number of nitrogens with one attached hydrogen (secondary N) is 1. The first kappa shape index (κ1) is 22.3. The van der Waals surface area contributed by atoms with Crippen molar-refractivity contribution in [1.82, 2.24) is 5.32 Å². The molecule has 0 bridgehead atoms. The summed E-state index contributed by atoms with van der Waals surface area (Å²) in [4.78, 5) is 12.8. The van der Waals surface area contributed by atoms with E-state index in [9.17, 15) is 4.79 Å². The fourth-order valence-corrected chi connectivity index (χ4v) is 3.95. The number of allylic oxidation sites excluding steroid dienone is 2. The molecule has 0 spiro atoms. The van der Waals surface area contributed by atoms with Gasteiger partial charge in [-0.05, 0) is 82.8 Å². The molecule has 0 aliphatic heterocycles. The Morgan fingerprint density at radius 2 is 1.79 bits per heavy atom. The number of rotatable bonds is 8. The van der Waals surface area contributed by atoms with Crippen LogP contribution in [0.1, 0.15) is 35.8 Å². The topological polar surface area (TPSA) is 69.9 Å². The van der Waals surface area contributed by atoms with Crippen molar-refractivity contribution in [2.75, 3.05) is 21.3 Å². The minimum absolute atomic E-state index is 0.0755. The zero-order valence-corrected chi connectivity index (χ0v) is 19.2. The molecule has 1 aliphatic rings. The molecular weight excluding hydrogens is 418 g/mol. The van der Waals surface area contributed by atoms with Gasteiger partial charge in [0.1, 0.15) is 23.0 Å². The summed E-state index contributed by atoms with van der Waals surface area (Å²) in [5, 5.41) is 2.93. The molecule has 4 rings (SSSR count). The van der Waals surface area contributed by atoms with Crippen molar-refractivity contribution in [1.29, 1.82) is 0 Å². The van der Waals surface area contributed by atoms with Gasteiger partial charge in [-0.15, -0.1) is 0 Å². The van der Waals surface area contributed by atoms with Crippen LogP contribution < -0.4 is 19.5 Å². The van der Waals surface area contributed by atoms with Gasteiger partial charge >= 0.3 is 0 Å². The van der Waals surface area contributed by atoms with Gasteiger partial charge < -0.3 is 23.9 Å². The predicted molar refractivity (Wildman–Crippen MR) is 127 cm³/mol. The third-order valence-electron chi connectivity index (χ3n) is 5.67. The third-order valence-corrected chi connectivity index (χ3v) is 5.67. The zero-order valence-electron chi connectivity index (χ0n) is 19.2. The average Bonchev–Trinajstić information content (AvgIpc) is 3.45. The predicted octanol–water partition coefficient (Wildman–Crippen LogP) is 5.14. The molecule has 0 atom stereocenters. The maximum Gasteiger partial charge on any atom is 0.224 e. The van der Waals surface area contributed by atoms with Crippen LogP contribution in [0.2, 0.25) is 0 Å². The van der Waals surface area contributed by atoms with E-state index >= 15 is 0 Å². The molecule has 3 aromatic rings. The van der Waals surface area contributed by atoms with Gasteiger partial charge in [0.15, 0.2) is 0 Å². The highest BCUT2D eigenvalue weighted by Crippen LogP contribution is 2.45. The number of hydrogen-bond acceptors (Lipinski definition) is 5. The molecule has 33 heavy (non-hydrogen) atoms. The van der Waals surface area contributed by atoms with Crippen molar-refractivity contribution < 1.29 is 23.4 Å². The van der Waals surface area contributed by atoms with Gasteiger partial charge in [-0.25, -0.2) is 0 Å². The Balaban J connectivity index is 1.70. The number of ether oxygens (including phenoxy) is 3. The van der Waals surface area contributed by atoms with E-state index in [4.69, 9.17) is 18.6 Å². The maximum absolute atomic E-state index is 12.8. The Hall–Kier alpha value is -3.93. The van der Waals surface area contributed by atoms with E-state index < -0.39 is 0 Å². The average molecular weight is 445 g/mol. The number of fused-ring (bicyclic) bond motifs is 1. The van der Waals surface area contributed by atoms with Crippen molar-refractivity contribution in [3.05, 3.63) is 82.8 Å². The molecule has 0 saturated carbocycles. The van der Waals surface area contributed by atoms with Crippen LogP contribution in [0.25, 0.3) is 17.2 Å². The summed E-state index contributed by atoms with van der Waals surface area (Å²) in [5.74, 6) is 2.57. The minimum Gasteiger partial charge on any atom is -0.497 e. The van der Waals surface area contributed by atoms with Crippen molar-refractivity contribution in [2.24, 2.45) is 0 Å². The van der Waals surface area contributed by atoms with E-state index in [1.54, 1.807) is 33.7 Å². The van der Waals surface area contributed by atoms with Crippen LogP contribution >= 0.6 is 0 Å². The third kappa shape index (κ3) is 4.80. The summed E-state index contributed by atoms with van der Waals surface area (Å²) in [7, 11) is 4.84. The van der Waals surface area contributed by atoms with Gasteiger partial charge in [0.05, 0.1) is 46.6 Å². The lowest BCUT2D eigenvalue weighted by molar-refractivity contribution is -0.120. The number of furan rings is 1. The Morgan fingerprint density at radius 3 is 2.42 bits per heavy atom. The van der Waals surface area contributed by atoms with Crippen molar-refractivity contribution >= 4 is 23.1 Å². The van der Waals surface area contributed by atoms with E-state index in [1.165, 1.54) is 0 Å². The second kappa shape index (κ2) is 9.69.